The van der Waals surface area contributed by atoms with E-state index in [0.717, 1.165) is 17.8 Å². The molecule has 5 unspecified atom stereocenters. The third-order valence-corrected chi connectivity index (χ3v) is 6.30. The second-order valence-corrected chi connectivity index (χ2v) is 7.81. The van der Waals surface area contributed by atoms with Gasteiger partial charge in [0, 0.05) is 12.1 Å². The van der Waals surface area contributed by atoms with E-state index in [1.165, 1.54) is 47.9 Å². The molecule has 0 aliphatic heterocycles. The zero-order valence-corrected chi connectivity index (χ0v) is 14.4. The van der Waals surface area contributed by atoms with E-state index >= 15 is 0 Å². The molecule has 0 radical (unpaired) electrons. The lowest BCUT2D eigenvalue weighted by atomic mass is 9.83. The summed E-state index contributed by atoms with van der Waals surface area (Å²) < 4.78 is 0. The monoisotopic (exact) mass is 285 g/mol. The van der Waals surface area contributed by atoms with Crippen LogP contribution in [0.2, 0.25) is 0 Å². The third kappa shape index (κ3) is 2.90. The minimum atomic E-state index is 0.457. The molecule has 1 aromatic rings. The van der Waals surface area contributed by atoms with Crippen molar-refractivity contribution in [1.29, 1.82) is 0 Å². The summed E-state index contributed by atoms with van der Waals surface area (Å²) in [6.07, 6.45) is 5.96. The first-order chi connectivity index (χ1) is 9.95. The van der Waals surface area contributed by atoms with E-state index in [4.69, 9.17) is 0 Å². The number of nitrogens with one attached hydrogen (secondary N) is 1. The molecule has 2 aliphatic carbocycles. The number of benzene rings is 1. The maximum atomic E-state index is 3.91. The molecule has 21 heavy (non-hydrogen) atoms. The molecule has 0 spiro atoms. The Balaban J connectivity index is 1.68. The summed E-state index contributed by atoms with van der Waals surface area (Å²) in [4.78, 5) is 0. The average molecular weight is 285 g/mol. The van der Waals surface area contributed by atoms with Gasteiger partial charge in [-0.3, -0.25) is 0 Å². The number of fused-ring (bicyclic) bond motifs is 2. The van der Waals surface area contributed by atoms with Gasteiger partial charge in [0.2, 0.25) is 0 Å². The molecule has 2 bridgehead atoms. The van der Waals surface area contributed by atoms with Gasteiger partial charge in [-0.2, -0.15) is 0 Å². The van der Waals surface area contributed by atoms with E-state index in [0.29, 0.717) is 12.1 Å². The van der Waals surface area contributed by atoms with Crippen LogP contribution in [0, 0.1) is 38.5 Å². The van der Waals surface area contributed by atoms with Gasteiger partial charge in [0.1, 0.15) is 0 Å². The van der Waals surface area contributed by atoms with E-state index in [1.54, 1.807) is 0 Å². The maximum Gasteiger partial charge on any atom is 0.0297 e. The topological polar surface area (TPSA) is 12.0 Å². The Morgan fingerprint density at radius 2 is 1.67 bits per heavy atom. The van der Waals surface area contributed by atoms with Crippen LogP contribution in [-0.2, 0) is 0 Å². The van der Waals surface area contributed by atoms with Crippen molar-refractivity contribution in [3.8, 4) is 0 Å². The Labute approximate surface area is 130 Å². The van der Waals surface area contributed by atoms with E-state index < -0.39 is 0 Å². The van der Waals surface area contributed by atoms with Crippen molar-refractivity contribution in [1.82, 2.24) is 5.32 Å². The first kappa shape index (κ1) is 15.1. The van der Waals surface area contributed by atoms with Gasteiger partial charge < -0.3 is 5.32 Å². The molecular formula is C20H31N. The van der Waals surface area contributed by atoms with Gasteiger partial charge in [-0.25, -0.2) is 0 Å². The minimum Gasteiger partial charge on any atom is -0.307 e. The fourth-order valence-corrected chi connectivity index (χ4v) is 4.96. The highest BCUT2D eigenvalue weighted by atomic mass is 15.0. The van der Waals surface area contributed by atoms with Crippen LogP contribution in [-0.4, -0.2) is 6.04 Å². The van der Waals surface area contributed by atoms with Crippen molar-refractivity contribution in [2.45, 2.75) is 72.4 Å². The Bertz CT molecular complexity index is 519. The predicted molar refractivity (Wildman–Crippen MR) is 90.6 cm³/mol. The second-order valence-electron chi connectivity index (χ2n) is 7.81. The van der Waals surface area contributed by atoms with Gasteiger partial charge in [-0.05, 0) is 93.9 Å². The third-order valence-electron chi connectivity index (χ3n) is 6.30. The molecule has 2 saturated carbocycles. The minimum absolute atomic E-state index is 0.457. The Kier molecular flexibility index (Phi) is 4.14. The summed E-state index contributed by atoms with van der Waals surface area (Å²) in [6.45, 7) is 11.4. The number of hydrogen-bond donors (Lipinski definition) is 1. The summed E-state index contributed by atoms with van der Waals surface area (Å²) in [6, 6.07) is 5.83. The molecule has 2 fully saturated rings. The summed E-state index contributed by atoms with van der Waals surface area (Å²) in [7, 11) is 0. The molecule has 1 nitrogen and oxygen atoms in total. The highest BCUT2D eigenvalue weighted by molar-refractivity contribution is 5.38. The normalized spacial score (nSPS) is 30.6. The molecule has 1 N–H and O–H groups in total. The fourth-order valence-electron chi connectivity index (χ4n) is 4.96. The van der Waals surface area contributed by atoms with Crippen LogP contribution >= 0.6 is 0 Å². The zero-order valence-electron chi connectivity index (χ0n) is 14.4. The highest BCUT2D eigenvalue weighted by Gasteiger charge is 2.41. The van der Waals surface area contributed by atoms with Crippen molar-refractivity contribution >= 4 is 0 Å². The SMILES string of the molecule is Cc1cc(C)c(C(C)NC(C)C2CC3CCC2C3)cc1C. The van der Waals surface area contributed by atoms with Crippen LogP contribution in [0.15, 0.2) is 12.1 Å². The lowest BCUT2D eigenvalue weighted by Gasteiger charge is -2.31. The largest absolute Gasteiger partial charge is 0.307 e. The van der Waals surface area contributed by atoms with Crippen LogP contribution in [0.1, 0.15) is 67.8 Å². The van der Waals surface area contributed by atoms with Gasteiger partial charge in [0.15, 0.2) is 0 Å². The smallest absolute Gasteiger partial charge is 0.0297 e. The Morgan fingerprint density at radius 1 is 0.952 bits per heavy atom. The summed E-state index contributed by atoms with van der Waals surface area (Å²) in [5, 5.41) is 3.91. The molecule has 3 rings (SSSR count). The van der Waals surface area contributed by atoms with Crippen LogP contribution < -0.4 is 5.32 Å². The first-order valence-electron chi connectivity index (χ1n) is 8.79. The molecule has 0 heterocycles. The first-order valence-corrected chi connectivity index (χ1v) is 8.79. The van der Waals surface area contributed by atoms with Crippen LogP contribution in [0.4, 0.5) is 0 Å². The van der Waals surface area contributed by atoms with Gasteiger partial charge in [0.05, 0.1) is 0 Å². The standard InChI is InChI=1S/C20H31N/c1-12-8-14(3)19(9-13(12)2)15(4)21-16(5)20-11-17-6-7-18(20)10-17/h8-9,15-18,20-21H,6-7,10-11H2,1-5H3. The average Bonchev–Trinajstić information content (AvgIpc) is 3.05. The van der Waals surface area contributed by atoms with E-state index in [9.17, 15) is 0 Å². The Hall–Kier alpha value is -0.820. The zero-order chi connectivity index (χ0) is 15.1. The maximum absolute atomic E-state index is 3.91. The molecule has 0 amide bonds. The molecule has 1 aromatic carbocycles. The van der Waals surface area contributed by atoms with Crippen molar-refractivity contribution < 1.29 is 0 Å². The lowest BCUT2D eigenvalue weighted by Crippen LogP contribution is -2.38. The van der Waals surface area contributed by atoms with Crippen molar-refractivity contribution in [2.24, 2.45) is 17.8 Å². The lowest BCUT2D eigenvalue weighted by molar-refractivity contribution is 0.248. The number of aryl methyl sites for hydroxylation is 3. The van der Waals surface area contributed by atoms with Gasteiger partial charge in [-0.15, -0.1) is 0 Å². The van der Waals surface area contributed by atoms with Crippen LogP contribution in [0.25, 0.3) is 0 Å². The highest BCUT2D eigenvalue weighted by Crippen LogP contribution is 2.49. The van der Waals surface area contributed by atoms with E-state index in [-0.39, 0.29) is 0 Å². The van der Waals surface area contributed by atoms with Gasteiger partial charge in [-0.1, -0.05) is 18.6 Å². The molecule has 116 valence electrons. The predicted octanol–water partition coefficient (Wildman–Crippen LogP) is 5.09. The molecular weight excluding hydrogens is 254 g/mol. The van der Waals surface area contributed by atoms with E-state index in [1.807, 2.05) is 0 Å². The number of hydrogen-bond acceptors (Lipinski definition) is 1. The fraction of sp³-hybridized carbons (Fsp3) is 0.700. The summed E-state index contributed by atoms with van der Waals surface area (Å²) in [5.74, 6) is 2.96. The van der Waals surface area contributed by atoms with Gasteiger partial charge in [0.25, 0.3) is 0 Å². The molecule has 2 aliphatic rings. The molecule has 0 saturated heterocycles. The quantitative estimate of drug-likeness (QED) is 0.812. The Morgan fingerprint density at radius 3 is 2.29 bits per heavy atom. The van der Waals surface area contributed by atoms with Crippen molar-refractivity contribution in [3.05, 3.63) is 34.4 Å². The second kappa shape index (κ2) is 5.76. The summed E-state index contributed by atoms with van der Waals surface area (Å²) in [5.41, 5.74) is 5.73. The number of rotatable bonds is 4. The van der Waals surface area contributed by atoms with Crippen molar-refractivity contribution in [2.75, 3.05) is 0 Å². The van der Waals surface area contributed by atoms with Crippen LogP contribution in [0.3, 0.4) is 0 Å². The summed E-state index contributed by atoms with van der Waals surface area (Å²) >= 11 is 0. The van der Waals surface area contributed by atoms with E-state index in [2.05, 4.69) is 52.1 Å². The molecule has 1 heteroatoms. The van der Waals surface area contributed by atoms with Crippen LogP contribution in [0.5, 0.6) is 0 Å². The van der Waals surface area contributed by atoms with Crippen molar-refractivity contribution in [3.63, 3.8) is 0 Å². The van der Waals surface area contributed by atoms with Gasteiger partial charge >= 0.3 is 0 Å². The molecule has 5 atom stereocenters. The molecule has 0 aromatic heterocycles.